The molecule has 0 aromatic heterocycles. The van der Waals surface area contributed by atoms with Crippen LogP contribution >= 0.6 is 0 Å². The maximum atomic E-state index is 11.9. The van der Waals surface area contributed by atoms with Gasteiger partial charge in [0.25, 0.3) is 0 Å². The lowest BCUT2D eigenvalue weighted by Gasteiger charge is -2.32. The van der Waals surface area contributed by atoms with Crippen molar-refractivity contribution in [2.45, 2.75) is 38.4 Å². The van der Waals surface area contributed by atoms with E-state index in [4.69, 9.17) is 4.74 Å². The van der Waals surface area contributed by atoms with Crippen LogP contribution in [0.2, 0.25) is 0 Å². The van der Waals surface area contributed by atoms with E-state index in [1.165, 1.54) is 17.5 Å². The molecule has 3 heterocycles. The Morgan fingerprint density at radius 3 is 2.79 bits per heavy atom. The van der Waals surface area contributed by atoms with Crippen LogP contribution < -0.4 is 5.32 Å². The fraction of sp³-hybridized carbons (Fsp3) is 0.636. The molecule has 4 rings (SSSR count). The van der Waals surface area contributed by atoms with E-state index in [9.17, 15) is 4.79 Å². The molecule has 1 amide bonds. The minimum absolute atomic E-state index is 0.276. The van der Waals surface area contributed by atoms with Crippen molar-refractivity contribution >= 4 is 11.9 Å². The molecule has 1 aromatic carbocycles. The van der Waals surface area contributed by atoms with Gasteiger partial charge in [-0.3, -0.25) is 14.7 Å². The van der Waals surface area contributed by atoms with E-state index in [0.717, 1.165) is 71.4 Å². The van der Waals surface area contributed by atoms with Gasteiger partial charge in [0, 0.05) is 65.3 Å². The zero-order chi connectivity index (χ0) is 20.1. The molecule has 1 N–H and O–H groups in total. The predicted molar refractivity (Wildman–Crippen MR) is 114 cm³/mol. The first-order chi connectivity index (χ1) is 14.2. The van der Waals surface area contributed by atoms with E-state index in [2.05, 4.69) is 44.4 Å². The molecule has 1 aromatic rings. The van der Waals surface area contributed by atoms with Crippen LogP contribution in [-0.4, -0.2) is 85.6 Å². The summed E-state index contributed by atoms with van der Waals surface area (Å²) >= 11 is 0. The Bertz CT molecular complexity index is 732. The van der Waals surface area contributed by atoms with Gasteiger partial charge in [-0.1, -0.05) is 24.3 Å². The molecule has 0 saturated carbocycles. The minimum Gasteiger partial charge on any atom is -0.379 e. The maximum Gasteiger partial charge on any atom is 0.222 e. The lowest BCUT2D eigenvalue weighted by molar-refractivity contribution is -0.128. The van der Waals surface area contributed by atoms with E-state index >= 15 is 0 Å². The Morgan fingerprint density at radius 2 is 2.03 bits per heavy atom. The Labute approximate surface area is 173 Å². The number of carbonyl (C=O) groups excluding carboxylic acids is 1. The van der Waals surface area contributed by atoms with Crippen LogP contribution in [0.25, 0.3) is 0 Å². The summed E-state index contributed by atoms with van der Waals surface area (Å²) in [7, 11) is 1.86. The molecule has 1 atom stereocenters. The normalized spacial score (nSPS) is 23.8. The van der Waals surface area contributed by atoms with Crippen LogP contribution in [-0.2, 0) is 22.6 Å². The highest BCUT2D eigenvalue weighted by atomic mass is 16.5. The largest absolute Gasteiger partial charge is 0.379 e. The third kappa shape index (κ3) is 5.08. The smallest absolute Gasteiger partial charge is 0.222 e. The number of nitrogens with zero attached hydrogens (tertiary/aromatic N) is 4. The number of ether oxygens (including phenoxy) is 1. The van der Waals surface area contributed by atoms with Crippen molar-refractivity contribution in [1.29, 1.82) is 0 Å². The first-order valence-electron chi connectivity index (χ1n) is 10.9. The quantitative estimate of drug-likeness (QED) is 0.597. The van der Waals surface area contributed by atoms with Crippen molar-refractivity contribution in [2.75, 3.05) is 53.0 Å². The maximum absolute atomic E-state index is 11.9. The number of amides is 1. The molecule has 3 aliphatic rings. The van der Waals surface area contributed by atoms with Crippen molar-refractivity contribution in [3.8, 4) is 0 Å². The van der Waals surface area contributed by atoms with Gasteiger partial charge in [0.05, 0.1) is 13.2 Å². The van der Waals surface area contributed by atoms with Crippen LogP contribution in [0.15, 0.2) is 29.3 Å². The van der Waals surface area contributed by atoms with Crippen molar-refractivity contribution in [3.63, 3.8) is 0 Å². The Kier molecular flexibility index (Phi) is 6.67. The number of nitrogens with one attached hydrogen (secondary N) is 1. The minimum atomic E-state index is 0.276. The molecule has 0 radical (unpaired) electrons. The summed E-state index contributed by atoms with van der Waals surface area (Å²) in [5.74, 6) is 1.25. The molecule has 3 aliphatic heterocycles. The second-order valence-electron chi connectivity index (χ2n) is 8.18. The van der Waals surface area contributed by atoms with Gasteiger partial charge in [0.15, 0.2) is 5.96 Å². The van der Waals surface area contributed by atoms with E-state index in [0.29, 0.717) is 12.5 Å². The molecule has 0 spiro atoms. The first-order valence-corrected chi connectivity index (χ1v) is 10.9. The summed E-state index contributed by atoms with van der Waals surface area (Å²) in [5.41, 5.74) is 2.42. The molecule has 7 nitrogen and oxygen atoms in total. The van der Waals surface area contributed by atoms with Crippen LogP contribution in [0.4, 0.5) is 0 Å². The number of guanidine groups is 1. The number of aliphatic imine (C=N–C) groups is 1. The summed E-state index contributed by atoms with van der Waals surface area (Å²) in [6.07, 6.45) is 2.86. The topological polar surface area (TPSA) is 60.4 Å². The van der Waals surface area contributed by atoms with Gasteiger partial charge in [-0.2, -0.15) is 0 Å². The lowest BCUT2D eigenvalue weighted by atomic mass is 10.1. The second-order valence-corrected chi connectivity index (χ2v) is 8.18. The number of hydrogen-bond acceptors (Lipinski definition) is 4. The number of hydrogen-bond donors (Lipinski definition) is 1. The first kappa shape index (κ1) is 20.2. The number of rotatable bonds is 5. The Balaban J connectivity index is 1.29. The average molecular weight is 400 g/mol. The van der Waals surface area contributed by atoms with E-state index in [1.54, 1.807) is 0 Å². The van der Waals surface area contributed by atoms with E-state index in [-0.39, 0.29) is 5.91 Å². The van der Waals surface area contributed by atoms with Gasteiger partial charge >= 0.3 is 0 Å². The number of carbonyl (C=O) groups is 1. The van der Waals surface area contributed by atoms with E-state index in [1.807, 2.05) is 11.9 Å². The zero-order valence-electron chi connectivity index (χ0n) is 17.5. The number of benzene rings is 1. The number of morpholine rings is 1. The molecule has 158 valence electrons. The molecular weight excluding hydrogens is 366 g/mol. The van der Waals surface area contributed by atoms with Gasteiger partial charge in [0.1, 0.15) is 0 Å². The fourth-order valence-corrected chi connectivity index (χ4v) is 4.62. The molecule has 1 unspecified atom stereocenters. The fourth-order valence-electron chi connectivity index (χ4n) is 4.62. The number of likely N-dealkylation sites (tertiary alicyclic amines) is 2. The highest BCUT2D eigenvalue weighted by Gasteiger charge is 2.30. The molecule has 7 heteroatoms. The predicted octanol–water partition coefficient (Wildman–Crippen LogP) is 1.29. The summed E-state index contributed by atoms with van der Waals surface area (Å²) in [4.78, 5) is 23.3. The van der Waals surface area contributed by atoms with Crippen LogP contribution in [0.5, 0.6) is 0 Å². The SMILES string of the molecule is CN=C(NCc1cccc(CN2CCCC2=O)c1)N1CCC(N2CCOCC2)C1. The van der Waals surface area contributed by atoms with Gasteiger partial charge in [0.2, 0.25) is 5.91 Å². The van der Waals surface area contributed by atoms with Crippen LogP contribution in [0, 0.1) is 0 Å². The highest BCUT2D eigenvalue weighted by molar-refractivity contribution is 5.80. The standard InChI is InChI=1S/C22H33N5O2/c1-23-22(27-9-7-20(17-27)25-10-12-29-13-11-25)24-15-18-4-2-5-19(14-18)16-26-8-3-6-21(26)28/h2,4-5,14,20H,3,6-13,15-17H2,1H3,(H,23,24). The summed E-state index contributed by atoms with van der Waals surface area (Å²) < 4.78 is 5.49. The molecule has 0 aliphatic carbocycles. The van der Waals surface area contributed by atoms with Gasteiger partial charge in [-0.05, 0) is 24.0 Å². The zero-order valence-corrected chi connectivity index (χ0v) is 17.5. The third-order valence-corrected chi connectivity index (χ3v) is 6.22. The molecule has 29 heavy (non-hydrogen) atoms. The van der Waals surface area contributed by atoms with Crippen molar-refractivity contribution < 1.29 is 9.53 Å². The van der Waals surface area contributed by atoms with Gasteiger partial charge in [-0.15, -0.1) is 0 Å². The Morgan fingerprint density at radius 1 is 1.21 bits per heavy atom. The third-order valence-electron chi connectivity index (χ3n) is 6.22. The van der Waals surface area contributed by atoms with Crippen molar-refractivity contribution in [1.82, 2.24) is 20.0 Å². The van der Waals surface area contributed by atoms with Gasteiger partial charge < -0.3 is 19.9 Å². The Hall–Kier alpha value is -2.12. The average Bonchev–Trinajstić information content (AvgIpc) is 3.39. The highest BCUT2D eigenvalue weighted by Crippen LogP contribution is 2.18. The molecule has 3 fully saturated rings. The second kappa shape index (κ2) is 9.59. The monoisotopic (exact) mass is 399 g/mol. The van der Waals surface area contributed by atoms with Crippen molar-refractivity contribution in [2.24, 2.45) is 4.99 Å². The van der Waals surface area contributed by atoms with Crippen molar-refractivity contribution in [3.05, 3.63) is 35.4 Å². The lowest BCUT2D eigenvalue weighted by Crippen LogP contribution is -2.46. The summed E-state index contributed by atoms with van der Waals surface area (Å²) in [5, 5.41) is 3.53. The van der Waals surface area contributed by atoms with Gasteiger partial charge in [-0.25, -0.2) is 0 Å². The summed E-state index contributed by atoms with van der Waals surface area (Å²) in [6, 6.07) is 9.12. The van der Waals surface area contributed by atoms with E-state index < -0.39 is 0 Å². The molecular formula is C22H33N5O2. The van der Waals surface area contributed by atoms with Crippen LogP contribution in [0.1, 0.15) is 30.4 Å². The molecule has 0 bridgehead atoms. The van der Waals surface area contributed by atoms with Crippen LogP contribution in [0.3, 0.4) is 0 Å². The molecule has 3 saturated heterocycles. The summed E-state index contributed by atoms with van der Waals surface area (Å²) in [6.45, 7) is 8.18.